The van der Waals surface area contributed by atoms with Gasteiger partial charge in [0.05, 0.1) is 5.92 Å². The molecule has 0 spiro atoms. The van der Waals surface area contributed by atoms with Gasteiger partial charge in [0.2, 0.25) is 0 Å². The van der Waals surface area contributed by atoms with E-state index in [1.165, 1.54) is 12.8 Å². The Balaban J connectivity index is 2.23. The number of amides is 2. The van der Waals surface area contributed by atoms with Gasteiger partial charge in [0.1, 0.15) is 0 Å². The molecular weight excluding hydrogens is 244 g/mol. The van der Waals surface area contributed by atoms with E-state index in [0.29, 0.717) is 25.4 Å². The number of carboxylic acids is 1. The molecule has 0 aliphatic heterocycles. The zero-order valence-electron chi connectivity index (χ0n) is 12.0. The number of nitrogens with one attached hydrogen (secondary N) is 1. The van der Waals surface area contributed by atoms with Gasteiger partial charge in [-0.25, -0.2) is 4.79 Å². The number of hydrogen-bond acceptors (Lipinski definition) is 2. The molecule has 1 fully saturated rings. The Bertz CT molecular complexity index is 301. The third-order valence-corrected chi connectivity index (χ3v) is 3.88. The van der Waals surface area contributed by atoms with Crippen LogP contribution in [-0.2, 0) is 4.79 Å². The first-order chi connectivity index (χ1) is 9.06. The second kappa shape index (κ2) is 8.02. The number of rotatable bonds is 7. The lowest BCUT2D eigenvalue weighted by molar-refractivity contribution is -0.141. The molecule has 110 valence electrons. The van der Waals surface area contributed by atoms with Gasteiger partial charge in [-0.1, -0.05) is 19.8 Å². The van der Waals surface area contributed by atoms with E-state index < -0.39 is 5.97 Å². The molecule has 0 saturated heterocycles. The fraction of sp³-hybridized carbons (Fsp3) is 0.857. The summed E-state index contributed by atoms with van der Waals surface area (Å²) >= 11 is 0. The lowest BCUT2D eigenvalue weighted by Crippen LogP contribution is -2.45. The van der Waals surface area contributed by atoms with Gasteiger partial charge < -0.3 is 15.3 Å². The highest BCUT2D eigenvalue weighted by atomic mass is 16.4. The highest BCUT2D eigenvalue weighted by Crippen LogP contribution is 2.23. The number of carbonyl (C=O) groups excluding carboxylic acids is 1. The van der Waals surface area contributed by atoms with Crippen LogP contribution in [-0.4, -0.2) is 41.1 Å². The van der Waals surface area contributed by atoms with E-state index in [0.717, 1.165) is 19.4 Å². The summed E-state index contributed by atoms with van der Waals surface area (Å²) < 4.78 is 0. The molecule has 1 aliphatic carbocycles. The molecule has 1 saturated carbocycles. The highest BCUT2D eigenvalue weighted by molar-refractivity contribution is 5.74. The highest BCUT2D eigenvalue weighted by Gasteiger charge is 2.24. The van der Waals surface area contributed by atoms with Gasteiger partial charge in [-0.2, -0.15) is 0 Å². The quantitative estimate of drug-likeness (QED) is 0.698. The fourth-order valence-corrected chi connectivity index (χ4v) is 2.61. The minimum Gasteiger partial charge on any atom is -0.481 e. The van der Waals surface area contributed by atoms with Gasteiger partial charge in [0.25, 0.3) is 0 Å². The van der Waals surface area contributed by atoms with Gasteiger partial charge in [-0.05, 0) is 32.6 Å². The summed E-state index contributed by atoms with van der Waals surface area (Å²) in [6.45, 7) is 4.99. The second-order valence-corrected chi connectivity index (χ2v) is 5.34. The third-order valence-electron chi connectivity index (χ3n) is 3.88. The summed E-state index contributed by atoms with van der Waals surface area (Å²) in [6, 6.07) is 0.389. The maximum absolute atomic E-state index is 12.0. The van der Waals surface area contributed by atoms with Crippen molar-refractivity contribution in [2.75, 3.05) is 13.1 Å². The van der Waals surface area contributed by atoms with Gasteiger partial charge >= 0.3 is 12.0 Å². The van der Waals surface area contributed by atoms with E-state index >= 15 is 0 Å². The average Bonchev–Trinajstić information content (AvgIpc) is 2.88. The lowest BCUT2D eigenvalue weighted by atomic mass is 10.1. The third kappa shape index (κ3) is 5.09. The molecule has 0 radical (unpaired) electrons. The Labute approximate surface area is 115 Å². The molecule has 2 N–H and O–H groups in total. The van der Waals surface area contributed by atoms with E-state index in [1.54, 1.807) is 6.92 Å². The van der Waals surface area contributed by atoms with E-state index in [-0.39, 0.29) is 11.9 Å². The van der Waals surface area contributed by atoms with Crippen LogP contribution >= 0.6 is 0 Å². The summed E-state index contributed by atoms with van der Waals surface area (Å²) in [7, 11) is 0. The van der Waals surface area contributed by atoms with Gasteiger partial charge in [0.15, 0.2) is 0 Å². The van der Waals surface area contributed by atoms with Crippen LogP contribution in [0.15, 0.2) is 0 Å². The Hall–Kier alpha value is -1.26. The zero-order chi connectivity index (χ0) is 14.3. The molecular formula is C14H26N2O3. The number of aliphatic carboxylic acids is 1. The number of urea groups is 1. The molecule has 0 aromatic heterocycles. The molecule has 1 rings (SSSR count). The topological polar surface area (TPSA) is 69.6 Å². The molecule has 1 atom stereocenters. The summed E-state index contributed by atoms with van der Waals surface area (Å²) in [5.41, 5.74) is 0. The minimum atomic E-state index is -0.771. The maximum atomic E-state index is 12.0. The Morgan fingerprint density at radius 1 is 1.37 bits per heavy atom. The molecule has 0 aromatic carbocycles. The molecule has 0 aromatic rings. The minimum absolute atomic E-state index is 0.00243. The SMILES string of the molecule is CCN(C(=O)NCCCC(C)C(=O)O)C1CCCC1. The van der Waals surface area contributed by atoms with Crippen molar-refractivity contribution in [1.82, 2.24) is 10.2 Å². The Kier molecular flexibility index (Phi) is 6.67. The molecule has 1 aliphatic rings. The number of nitrogens with zero attached hydrogens (tertiary/aromatic N) is 1. The first kappa shape index (κ1) is 15.8. The average molecular weight is 270 g/mol. The molecule has 1 unspecified atom stereocenters. The molecule has 5 nitrogen and oxygen atoms in total. The zero-order valence-corrected chi connectivity index (χ0v) is 12.0. The van der Waals surface area contributed by atoms with Crippen LogP contribution in [0.3, 0.4) is 0 Å². The first-order valence-corrected chi connectivity index (χ1v) is 7.33. The summed E-state index contributed by atoms with van der Waals surface area (Å²) in [5, 5.41) is 11.7. The van der Waals surface area contributed by atoms with Gasteiger partial charge in [-0.15, -0.1) is 0 Å². The maximum Gasteiger partial charge on any atom is 0.317 e. The smallest absolute Gasteiger partial charge is 0.317 e. The van der Waals surface area contributed by atoms with E-state index in [2.05, 4.69) is 5.32 Å². The predicted octanol–water partition coefficient (Wildman–Crippen LogP) is 2.46. The van der Waals surface area contributed by atoms with Crippen molar-refractivity contribution in [1.29, 1.82) is 0 Å². The molecule has 0 bridgehead atoms. The fourth-order valence-electron chi connectivity index (χ4n) is 2.61. The predicted molar refractivity (Wildman–Crippen MR) is 74.1 cm³/mol. The lowest BCUT2D eigenvalue weighted by Gasteiger charge is -2.27. The van der Waals surface area contributed by atoms with E-state index in [4.69, 9.17) is 5.11 Å². The monoisotopic (exact) mass is 270 g/mol. The van der Waals surface area contributed by atoms with Gasteiger partial charge in [-0.3, -0.25) is 4.79 Å². The normalized spacial score (nSPS) is 17.2. The summed E-state index contributed by atoms with van der Waals surface area (Å²) in [5.74, 6) is -1.11. The van der Waals surface area contributed by atoms with Crippen LogP contribution < -0.4 is 5.32 Å². The van der Waals surface area contributed by atoms with E-state index in [1.807, 2.05) is 11.8 Å². The summed E-state index contributed by atoms with van der Waals surface area (Å²) in [4.78, 5) is 24.6. The van der Waals surface area contributed by atoms with Crippen LogP contribution in [0.25, 0.3) is 0 Å². The van der Waals surface area contributed by atoms with Crippen molar-refractivity contribution >= 4 is 12.0 Å². The number of carboxylic acid groups (broad SMARTS) is 1. The van der Waals surface area contributed by atoms with Crippen LogP contribution in [0.4, 0.5) is 4.79 Å². The molecule has 0 heterocycles. The number of hydrogen-bond donors (Lipinski definition) is 2. The Morgan fingerprint density at radius 3 is 2.53 bits per heavy atom. The van der Waals surface area contributed by atoms with Crippen LogP contribution in [0, 0.1) is 5.92 Å². The van der Waals surface area contributed by atoms with Crippen LogP contribution in [0.2, 0.25) is 0 Å². The largest absolute Gasteiger partial charge is 0.481 e. The van der Waals surface area contributed by atoms with Crippen molar-refractivity contribution in [3.63, 3.8) is 0 Å². The van der Waals surface area contributed by atoms with Crippen LogP contribution in [0.5, 0.6) is 0 Å². The molecule has 2 amide bonds. The van der Waals surface area contributed by atoms with Crippen molar-refractivity contribution in [3.05, 3.63) is 0 Å². The Morgan fingerprint density at radius 2 is 2.00 bits per heavy atom. The standard InChI is InChI=1S/C14H26N2O3/c1-3-16(12-8-4-5-9-12)14(19)15-10-6-7-11(2)13(17)18/h11-12H,3-10H2,1-2H3,(H,15,19)(H,17,18). The van der Waals surface area contributed by atoms with Crippen LogP contribution in [0.1, 0.15) is 52.4 Å². The number of carbonyl (C=O) groups is 2. The molecule has 19 heavy (non-hydrogen) atoms. The summed E-state index contributed by atoms with van der Waals surface area (Å²) in [6.07, 6.45) is 5.95. The molecule has 5 heteroatoms. The van der Waals surface area contributed by atoms with Crippen molar-refractivity contribution in [2.45, 2.75) is 58.4 Å². The van der Waals surface area contributed by atoms with Crippen molar-refractivity contribution in [2.24, 2.45) is 5.92 Å². The van der Waals surface area contributed by atoms with E-state index in [9.17, 15) is 9.59 Å². The van der Waals surface area contributed by atoms with Crippen molar-refractivity contribution < 1.29 is 14.7 Å². The van der Waals surface area contributed by atoms with Crippen molar-refractivity contribution in [3.8, 4) is 0 Å². The first-order valence-electron chi connectivity index (χ1n) is 7.33. The van der Waals surface area contributed by atoms with Gasteiger partial charge in [0, 0.05) is 19.1 Å². The second-order valence-electron chi connectivity index (χ2n) is 5.34.